The standard InChI is InChI=1S/C11H13BrN2O6S/c1-7(11(15)16)6-13(2)21(19,20)10-4-3-8(12)5-9(10)14(17)18/h3-5,7H,6H2,1-2H3,(H,15,16). The molecule has 1 atom stereocenters. The number of hydrogen-bond donors (Lipinski definition) is 1. The molecule has 0 heterocycles. The highest BCUT2D eigenvalue weighted by Crippen LogP contribution is 2.29. The van der Waals surface area contributed by atoms with E-state index < -0.39 is 37.4 Å². The van der Waals surface area contributed by atoms with E-state index in [1.54, 1.807) is 0 Å². The van der Waals surface area contributed by atoms with Crippen molar-refractivity contribution < 1.29 is 23.2 Å². The van der Waals surface area contributed by atoms with Crippen LogP contribution in [0.5, 0.6) is 0 Å². The lowest BCUT2D eigenvalue weighted by molar-refractivity contribution is -0.387. The van der Waals surface area contributed by atoms with E-state index in [9.17, 15) is 23.3 Å². The highest BCUT2D eigenvalue weighted by Gasteiger charge is 2.31. The monoisotopic (exact) mass is 380 g/mol. The predicted molar refractivity (Wildman–Crippen MR) is 77.4 cm³/mol. The summed E-state index contributed by atoms with van der Waals surface area (Å²) in [6.45, 7) is 1.06. The molecule has 0 bridgehead atoms. The average molecular weight is 381 g/mol. The van der Waals surface area contributed by atoms with Gasteiger partial charge in [-0.1, -0.05) is 22.9 Å². The van der Waals surface area contributed by atoms with Gasteiger partial charge in [-0.3, -0.25) is 14.9 Å². The van der Waals surface area contributed by atoms with Crippen LogP contribution in [-0.4, -0.2) is 42.3 Å². The van der Waals surface area contributed by atoms with Gasteiger partial charge in [0.15, 0.2) is 4.90 Å². The fourth-order valence-electron chi connectivity index (χ4n) is 1.58. The number of rotatable bonds is 6. The molecule has 1 unspecified atom stereocenters. The summed E-state index contributed by atoms with van der Waals surface area (Å²) in [5, 5.41) is 19.8. The van der Waals surface area contributed by atoms with Crippen LogP contribution in [0, 0.1) is 16.0 Å². The number of nitrogens with zero attached hydrogens (tertiary/aromatic N) is 2. The van der Waals surface area contributed by atoms with Crippen LogP contribution in [0.25, 0.3) is 0 Å². The number of nitro benzene ring substituents is 1. The number of carboxylic acids is 1. The minimum atomic E-state index is -4.15. The molecule has 1 rings (SSSR count). The SMILES string of the molecule is CC(CN(C)S(=O)(=O)c1ccc(Br)cc1[N+](=O)[O-])C(=O)O. The highest BCUT2D eigenvalue weighted by atomic mass is 79.9. The third-order valence-electron chi connectivity index (χ3n) is 2.76. The maximum absolute atomic E-state index is 12.3. The van der Waals surface area contributed by atoms with Crippen LogP contribution in [0.2, 0.25) is 0 Å². The normalized spacial score (nSPS) is 13.1. The zero-order valence-electron chi connectivity index (χ0n) is 11.2. The molecule has 0 fully saturated rings. The van der Waals surface area contributed by atoms with E-state index in [1.807, 2.05) is 0 Å². The van der Waals surface area contributed by atoms with Crippen molar-refractivity contribution in [3.8, 4) is 0 Å². The van der Waals surface area contributed by atoms with Crippen molar-refractivity contribution in [2.24, 2.45) is 5.92 Å². The Morgan fingerprint density at radius 2 is 2.10 bits per heavy atom. The zero-order valence-corrected chi connectivity index (χ0v) is 13.6. The number of benzene rings is 1. The number of carbonyl (C=O) groups is 1. The average Bonchev–Trinajstić information content (AvgIpc) is 2.37. The molecule has 0 aromatic heterocycles. The van der Waals surface area contributed by atoms with Crippen LogP contribution in [0.4, 0.5) is 5.69 Å². The zero-order chi connectivity index (χ0) is 16.4. The van der Waals surface area contributed by atoms with Crippen LogP contribution >= 0.6 is 15.9 Å². The van der Waals surface area contributed by atoms with Gasteiger partial charge in [0, 0.05) is 24.1 Å². The first-order valence-electron chi connectivity index (χ1n) is 5.70. The van der Waals surface area contributed by atoms with Crippen molar-refractivity contribution in [1.29, 1.82) is 0 Å². The molecule has 21 heavy (non-hydrogen) atoms. The summed E-state index contributed by atoms with van der Waals surface area (Å²) in [4.78, 5) is 20.5. The summed E-state index contributed by atoms with van der Waals surface area (Å²) in [5.74, 6) is -2.08. The fraction of sp³-hybridized carbons (Fsp3) is 0.364. The Labute approximate surface area is 129 Å². The minimum absolute atomic E-state index is 0.287. The maximum atomic E-state index is 12.3. The van der Waals surface area contributed by atoms with Crippen LogP contribution in [0.3, 0.4) is 0 Å². The van der Waals surface area contributed by atoms with E-state index in [4.69, 9.17) is 5.11 Å². The fourth-order valence-corrected chi connectivity index (χ4v) is 3.32. The Bertz CT molecular complexity index is 675. The van der Waals surface area contributed by atoms with Crippen molar-refractivity contribution >= 4 is 37.6 Å². The van der Waals surface area contributed by atoms with Gasteiger partial charge in [-0.15, -0.1) is 0 Å². The molecule has 1 aromatic carbocycles. The number of carboxylic acid groups (broad SMARTS) is 1. The number of aliphatic carboxylic acids is 1. The first-order valence-corrected chi connectivity index (χ1v) is 7.93. The summed E-state index contributed by atoms with van der Waals surface area (Å²) < 4.78 is 25.8. The Kier molecular flexibility index (Phi) is 5.42. The van der Waals surface area contributed by atoms with Gasteiger partial charge in [0.1, 0.15) is 0 Å². The van der Waals surface area contributed by atoms with Gasteiger partial charge in [0.05, 0.1) is 10.8 Å². The van der Waals surface area contributed by atoms with E-state index in [-0.39, 0.29) is 6.54 Å². The quantitative estimate of drug-likeness (QED) is 0.592. The highest BCUT2D eigenvalue weighted by molar-refractivity contribution is 9.10. The first kappa shape index (κ1) is 17.5. The molecule has 1 aromatic rings. The summed E-state index contributed by atoms with van der Waals surface area (Å²) in [5.41, 5.74) is -0.570. The maximum Gasteiger partial charge on any atom is 0.307 e. The lowest BCUT2D eigenvalue weighted by Crippen LogP contribution is -2.34. The topological polar surface area (TPSA) is 118 Å². The molecule has 0 aliphatic rings. The molecule has 0 radical (unpaired) electrons. The lowest BCUT2D eigenvalue weighted by atomic mass is 10.2. The van der Waals surface area contributed by atoms with Gasteiger partial charge in [-0.25, -0.2) is 8.42 Å². The molecule has 1 N–H and O–H groups in total. The summed E-state index contributed by atoms with van der Waals surface area (Å²) >= 11 is 3.04. The van der Waals surface area contributed by atoms with Gasteiger partial charge < -0.3 is 5.11 Å². The van der Waals surface area contributed by atoms with E-state index in [1.165, 1.54) is 20.0 Å². The Morgan fingerprint density at radius 1 is 1.52 bits per heavy atom. The van der Waals surface area contributed by atoms with E-state index >= 15 is 0 Å². The second-order valence-electron chi connectivity index (χ2n) is 4.39. The van der Waals surface area contributed by atoms with Crippen molar-refractivity contribution in [2.75, 3.05) is 13.6 Å². The Balaban J connectivity index is 3.25. The van der Waals surface area contributed by atoms with Crippen molar-refractivity contribution in [1.82, 2.24) is 4.31 Å². The van der Waals surface area contributed by atoms with Gasteiger partial charge in [-0.2, -0.15) is 4.31 Å². The molecule has 0 amide bonds. The molecular weight excluding hydrogens is 368 g/mol. The van der Waals surface area contributed by atoms with Crippen LogP contribution in [0.1, 0.15) is 6.92 Å². The van der Waals surface area contributed by atoms with Gasteiger partial charge >= 0.3 is 5.97 Å². The van der Waals surface area contributed by atoms with E-state index in [0.29, 0.717) is 4.47 Å². The smallest absolute Gasteiger partial charge is 0.307 e. The van der Waals surface area contributed by atoms with Gasteiger partial charge in [0.25, 0.3) is 5.69 Å². The Hall–Kier alpha value is -1.52. The largest absolute Gasteiger partial charge is 0.481 e. The molecular formula is C11H13BrN2O6S. The summed E-state index contributed by atoms with van der Waals surface area (Å²) in [6.07, 6.45) is 0. The first-order chi connectivity index (χ1) is 9.57. The number of sulfonamides is 1. The summed E-state index contributed by atoms with van der Waals surface area (Å²) in [6, 6.07) is 3.56. The Morgan fingerprint density at radius 3 is 2.57 bits per heavy atom. The molecule has 116 valence electrons. The van der Waals surface area contributed by atoms with Crippen LogP contribution in [-0.2, 0) is 14.8 Å². The number of hydrogen-bond acceptors (Lipinski definition) is 5. The second kappa shape index (κ2) is 6.50. The molecule has 0 aliphatic carbocycles. The van der Waals surface area contributed by atoms with E-state index in [2.05, 4.69) is 15.9 Å². The molecule has 0 saturated heterocycles. The minimum Gasteiger partial charge on any atom is -0.481 e. The van der Waals surface area contributed by atoms with Crippen molar-refractivity contribution in [3.63, 3.8) is 0 Å². The summed E-state index contributed by atoms with van der Waals surface area (Å²) in [7, 11) is -2.97. The molecule has 0 saturated carbocycles. The second-order valence-corrected chi connectivity index (χ2v) is 7.32. The molecule has 8 nitrogen and oxygen atoms in total. The predicted octanol–water partition coefficient (Wildman–Crippen LogP) is 1.70. The molecule has 0 spiro atoms. The van der Waals surface area contributed by atoms with Gasteiger partial charge in [0.2, 0.25) is 10.0 Å². The van der Waals surface area contributed by atoms with Crippen molar-refractivity contribution in [2.45, 2.75) is 11.8 Å². The molecule has 0 aliphatic heterocycles. The van der Waals surface area contributed by atoms with Crippen molar-refractivity contribution in [3.05, 3.63) is 32.8 Å². The van der Waals surface area contributed by atoms with Crippen LogP contribution in [0.15, 0.2) is 27.6 Å². The molecule has 10 heteroatoms. The van der Waals surface area contributed by atoms with Gasteiger partial charge in [-0.05, 0) is 12.1 Å². The lowest BCUT2D eigenvalue weighted by Gasteiger charge is -2.19. The third-order valence-corrected chi connectivity index (χ3v) is 5.12. The third kappa shape index (κ3) is 3.99. The van der Waals surface area contributed by atoms with Crippen LogP contribution < -0.4 is 0 Å². The number of nitro groups is 1. The van der Waals surface area contributed by atoms with E-state index in [0.717, 1.165) is 16.4 Å². The number of halogens is 1.